The maximum atomic E-state index is 12.7. The second-order valence-electron chi connectivity index (χ2n) is 8.40. The van der Waals surface area contributed by atoms with E-state index in [4.69, 9.17) is 9.47 Å². The van der Waals surface area contributed by atoms with Crippen molar-refractivity contribution in [2.45, 2.75) is 57.0 Å². The summed E-state index contributed by atoms with van der Waals surface area (Å²) in [7, 11) is 2.07. The molecule has 29 heavy (non-hydrogen) atoms. The number of carbonyl (C=O) groups is 2. The number of urea groups is 1. The lowest BCUT2D eigenvalue weighted by Crippen LogP contribution is -2.59. The highest BCUT2D eigenvalue weighted by Gasteiger charge is 2.40. The van der Waals surface area contributed by atoms with Crippen LogP contribution in [0.25, 0.3) is 0 Å². The molecule has 9 nitrogen and oxygen atoms in total. The van der Waals surface area contributed by atoms with Crippen LogP contribution >= 0.6 is 0 Å². The molecule has 3 saturated heterocycles. The van der Waals surface area contributed by atoms with Gasteiger partial charge in [-0.25, -0.2) is 4.79 Å². The minimum absolute atomic E-state index is 0.140. The second-order valence-corrected chi connectivity index (χ2v) is 8.40. The van der Waals surface area contributed by atoms with Gasteiger partial charge >= 0.3 is 6.03 Å². The lowest BCUT2D eigenvalue weighted by Gasteiger charge is -2.44. The first kappa shape index (κ1) is 22.3. The lowest BCUT2D eigenvalue weighted by atomic mass is 9.94. The number of nitrogens with one attached hydrogen (secondary N) is 1. The van der Waals surface area contributed by atoms with Gasteiger partial charge in [-0.3, -0.25) is 4.79 Å². The number of aliphatic hydroxyl groups excluding tert-OH is 1. The number of fused-ring (bicyclic) bond motifs is 1. The highest BCUT2D eigenvalue weighted by Crippen LogP contribution is 2.28. The van der Waals surface area contributed by atoms with E-state index in [1.165, 1.54) is 0 Å². The Hall–Kier alpha value is -1.42. The molecule has 166 valence electrons. The van der Waals surface area contributed by atoms with Crippen molar-refractivity contribution < 1.29 is 24.2 Å². The summed E-state index contributed by atoms with van der Waals surface area (Å²) >= 11 is 0. The van der Waals surface area contributed by atoms with Crippen LogP contribution in [0, 0.1) is 0 Å². The molecule has 0 aromatic heterocycles. The number of hydrogen-bond donors (Lipinski definition) is 2. The van der Waals surface area contributed by atoms with E-state index in [9.17, 15) is 14.7 Å². The van der Waals surface area contributed by atoms with E-state index in [0.717, 1.165) is 39.0 Å². The first-order valence-electron chi connectivity index (χ1n) is 10.9. The fraction of sp³-hybridized carbons (Fsp3) is 0.900. The van der Waals surface area contributed by atoms with Crippen molar-refractivity contribution in [1.82, 2.24) is 20.0 Å². The predicted molar refractivity (Wildman–Crippen MR) is 108 cm³/mol. The molecule has 3 amide bonds. The zero-order valence-corrected chi connectivity index (χ0v) is 17.7. The Balaban J connectivity index is 1.58. The Labute approximate surface area is 173 Å². The largest absolute Gasteiger partial charge is 0.389 e. The molecule has 9 heteroatoms. The number of β-amino-alcohol motifs (C(OH)–C–C–N with tert-alkyl or cyclic N) is 1. The number of hydrogen-bond acceptors (Lipinski definition) is 6. The number of amides is 3. The molecular formula is C20H36N4O5. The number of nitrogens with zero attached hydrogens (tertiary/aromatic N) is 3. The normalized spacial score (nSPS) is 31.6. The maximum absolute atomic E-state index is 12.7. The molecule has 0 bridgehead atoms. The van der Waals surface area contributed by atoms with Crippen molar-refractivity contribution in [1.29, 1.82) is 0 Å². The minimum atomic E-state index is -0.708. The minimum Gasteiger partial charge on any atom is -0.389 e. The van der Waals surface area contributed by atoms with Crippen molar-refractivity contribution in [2.75, 3.05) is 59.5 Å². The van der Waals surface area contributed by atoms with Gasteiger partial charge in [-0.1, -0.05) is 6.92 Å². The third-order valence-corrected chi connectivity index (χ3v) is 6.03. The summed E-state index contributed by atoms with van der Waals surface area (Å²) in [6.07, 6.45) is 1.53. The fourth-order valence-electron chi connectivity index (χ4n) is 4.29. The molecule has 3 aliphatic rings. The van der Waals surface area contributed by atoms with E-state index in [1.807, 2.05) is 11.8 Å². The molecule has 0 aliphatic carbocycles. The molecule has 0 saturated carbocycles. The number of rotatable bonds is 4. The van der Waals surface area contributed by atoms with Crippen molar-refractivity contribution in [3.8, 4) is 0 Å². The molecule has 0 aromatic rings. The molecule has 0 radical (unpaired) electrons. The van der Waals surface area contributed by atoms with Gasteiger partial charge in [0, 0.05) is 32.7 Å². The smallest absolute Gasteiger partial charge is 0.317 e. The number of ether oxygens (including phenoxy) is 2. The Morgan fingerprint density at radius 1 is 1.14 bits per heavy atom. The van der Waals surface area contributed by atoms with Crippen molar-refractivity contribution in [3.63, 3.8) is 0 Å². The van der Waals surface area contributed by atoms with E-state index in [0.29, 0.717) is 26.0 Å². The molecule has 0 spiro atoms. The molecule has 0 unspecified atom stereocenters. The first-order valence-corrected chi connectivity index (χ1v) is 10.9. The number of aliphatic hydroxyl groups is 1. The van der Waals surface area contributed by atoms with E-state index in [2.05, 4.69) is 17.3 Å². The standard InChI is InChI=1S/C20H36N4O5/c1-3-6-21-20(27)24-12-15(25)13-28-14-18-17(24)5-4-16(29-18)11-19(26)23-9-7-22(2)8-10-23/h15-18,25H,3-14H2,1-2H3,(H,21,27)/t15-,16+,17+,18-/m1/s1. The molecule has 0 aromatic carbocycles. The van der Waals surface area contributed by atoms with Crippen molar-refractivity contribution >= 4 is 11.9 Å². The van der Waals surface area contributed by atoms with Crippen LogP contribution in [0.15, 0.2) is 0 Å². The summed E-state index contributed by atoms with van der Waals surface area (Å²) in [5.41, 5.74) is 0. The van der Waals surface area contributed by atoms with Crippen molar-refractivity contribution in [3.05, 3.63) is 0 Å². The summed E-state index contributed by atoms with van der Waals surface area (Å²) in [4.78, 5) is 31.2. The molecule has 3 fully saturated rings. The Morgan fingerprint density at radius 3 is 2.62 bits per heavy atom. The predicted octanol–water partition coefficient (Wildman–Crippen LogP) is -0.121. The lowest BCUT2D eigenvalue weighted by molar-refractivity contribution is -0.155. The van der Waals surface area contributed by atoms with Crippen LogP contribution in [0.1, 0.15) is 32.6 Å². The highest BCUT2D eigenvalue weighted by molar-refractivity contribution is 5.77. The Bertz CT molecular complexity index is 555. The third kappa shape index (κ3) is 6.04. The van der Waals surface area contributed by atoms with Gasteiger partial charge in [0.15, 0.2) is 0 Å². The van der Waals surface area contributed by atoms with Crippen LogP contribution in [0.3, 0.4) is 0 Å². The molecule has 4 atom stereocenters. The van der Waals surface area contributed by atoms with Gasteiger partial charge in [-0.05, 0) is 26.3 Å². The zero-order chi connectivity index (χ0) is 20.8. The van der Waals surface area contributed by atoms with Crippen LogP contribution < -0.4 is 5.32 Å². The molecule has 2 N–H and O–H groups in total. The van der Waals surface area contributed by atoms with Gasteiger partial charge < -0.3 is 34.6 Å². The van der Waals surface area contributed by atoms with Gasteiger partial charge in [0.05, 0.1) is 44.4 Å². The SMILES string of the molecule is CCCNC(=O)N1C[C@@H](O)COC[C@H]2O[C@H](CC(=O)N3CCN(C)CC3)CC[C@@H]21. The van der Waals surface area contributed by atoms with Crippen LogP contribution in [0.5, 0.6) is 0 Å². The van der Waals surface area contributed by atoms with Crippen LogP contribution in [-0.4, -0.2) is 116 Å². The van der Waals surface area contributed by atoms with E-state index < -0.39 is 6.10 Å². The Kier molecular flexibility index (Phi) is 8.11. The monoisotopic (exact) mass is 412 g/mol. The van der Waals surface area contributed by atoms with Crippen molar-refractivity contribution in [2.24, 2.45) is 0 Å². The number of piperazine rings is 1. The van der Waals surface area contributed by atoms with Gasteiger partial charge in [0.25, 0.3) is 0 Å². The summed E-state index contributed by atoms with van der Waals surface area (Å²) in [6, 6.07) is -0.324. The summed E-state index contributed by atoms with van der Waals surface area (Å²) in [5.74, 6) is 0.140. The van der Waals surface area contributed by atoms with Gasteiger partial charge in [0.1, 0.15) is 6.10 Å². The average Bonchev–Trinajstić information content (AvgIpc) is 2.70. The number of likely N-dealkylation sites (N-methyl/N-ethyl adjacent to an activating group) is 1. The van der Waals surface area contributed by atoms with E-state index in [-0.39, 0.29) is 43.3 Å². The van der Waals surface area contributed by atoms with E-state index >= 15 is 0 Å². The Morgan fingerprint density at radius 2 is 1.90 bits per heavy atom. The molecule has 3 rings (SSSR count). The van der Waals surface area contributed by atoms with Gasteiger partial charge in [0.2, 0.25) is 5.91 Å². The first-order chi connectivity index (χ1) is 14.0. The third-order valence-electron chi connectivity index (χ3n) is 6.03. The van der Waals surface area contributed by atoms with Crippen LogP contribution in [0.4, 0.5) is 4.79 Å². The summed E-state index contributed by atoms with van der Waals surface area (Å²) in [5, 5.41) is 13.1. The number of carbonyl (C=O) groups excluding carboxylic acids is 2. The quantitative estimate of drug-likeness (QED) is 0.669. The van der Waals surface area contributed by atoms with E-state index in [1.54, 1.807) is 4.90 Å². The van der Waals surface area contributed by atoms with Crippen LogP contribution in [0.2, 0.25) is 0 Å². The zero-order valence-electron chi connectivity index (χ0n) is 17.7. The molecule has 3 heterocycles. The molecule has 3 aliphatic heterocycles. The highest BCUT2D eigenvalue weighted by atomic mass is 16.5. The summed E-state index contributed by atoms with van der Waals surface area (Å²) in [6.45, 7) is 6.66. The van der Waals surface area contributed by atoms with Gasteiger partial charge in [-0.2, -0.15) is 0 Å². The average molecular weight is 413 g/mol. The topological polar surface area (TPSA) is 94.6 Å². The fourth-order valence-corrected chi connectivity index (χ4v) is 4.29. The van der Waals surface area contributed by atoms with Gasteiger partial charge in [-0.15, -0.1) is 0 Å². The summed E-state index contributed by atoms with van der Waals surface area (Å²) < 4.78 is 11.9. The maximum Gasteiger partial charge on any atom is 0.317 e. The molecular weight excluding hydrogens is 376 g/mol. The second kappa shape index (κ2) is 10.6. The van der Waals surface area contributed by atoms with Crippen LogP contribution in [-0.2, 0) is 14.3 Å².